The maximum Gasteiger partial charge on any atom is 0.417 e. The third-order valence-electron chi connectivity index (χ3n) is 7.52. The van der Waals surface area contributed by atoms with Gasteiger partial charge in [0.1, 0.15) is 17.2 Å². The molecule has 226 valence electrons. The topological polar surface area (TPSA) is 84.0 Å². The molecule has 0 fully saturated rings. The number of rotatable bonds is 8. The van der Waals surface area contributed by atoms with Gasteiger partial charge in [0.25, 0.3) is 5.56 Å². The van der Waals surface area contributed by atoms with Crippen molar-refractivity contribution in [1.29, 1.82) is 0 Å². The highest BCUT2D eigenvalue weighted by Crippen LogP contribution is 2.45. The minimum absolute atomic E-state index is 0.0362. The highest BCUT2D eigenvalue weighted by Gasteiger charge is 2.41. The van der Waals surface area contributed by atoms with Crippen molar-refractivity contribution < 1.29 is 36.9 Å². The van der Waals surface area contributed by atoms with Crippen molar-refractivity contribution in [1.82, 2.24) is 4.98 Å². The lowest BCUT2D eigenvalue weighted by atomic mass is 9.90. The molecule has 0 bridgehead atoms. The van der Waals surface area contributed by atoms with E-state index < -0.39 is 34.8 Å². The van der Waals surface area contributed by atoms with Crippen molar-refractivity contribution >= 4 is 5.69 Å². The van der Waals surface area contributed by atoms with Crippen LogP contribution in [0.4, 0.5) is 23.2 Å². The van der Waals surface area contributed by atoms with E-state index in [1.165, 1.54) is 27.2 Å². The molecule has 2 N–H and O–H groups in total. The van der Waals surface area contributed by atoms with E-state index in [0.29, 0.717) is 11.5 Å². The van der Waals surface area contributed by atoms with Gasteiger partial charge < -0.3 is 29.2 Å². The van der Waals surface area contributed by atoms with Crippen molar-refractivity contribution in [3.05, 3.63) is 116 Å². The van der Waals surface area contributed by atoms with Crippen LogP contribution in [0.2, 0.25) is 0 Å². The molecule has 1 aliphatic heterocycles. The molecule has 0 spiro atoms. The molecule has 0 amide bonds. The zero-order chi connectivity index (χ0) is 30.9. The maximum absolute atomic E-state index is 16.7. The average Bonchev–Trinajstić information content (AvgIpc) is 2.97. The first-order valence-corrected chi connectivity index (χ1v) is 13.4. The van der Waals surface area contributed by atoms with Crippen LogP contribution in [-0.2, 0) is 37.0 Å². The Kier molecular flexibility index (Phi) is 8.36. The fourth-order valence-electron chi connectivity index (χ4n) is 5.41. The fraction of sp³-hybridized carbons (Fsp3) is 0.281. The summed E-state index contributed by atoms with van der Waals surface area (Å²) in [6, 6.07) is 16.4. The number of benzene rings is 3. The minimum atomic E-state index is -4.88. The number of hydrogen-bond donors (Lipinski definition) is 2. The van der Waals surface area contributed by atoms with E-state index in [1.807, 2.05) is 0 Å². The van der Waals surface area contributed by atoms with Gasteiger partial charge in [-0.05, 0) is 53.9 Å². The molecule has 1 atom stereocenters. The van der Waals surface area contributed by atoms with Crippen LogP contribution in [0, 0.1) is 12.7 Å². The van der Waals surface area contributed by atoms with E-state index in [0.717, 1.165) is 17.2 Å². The number of nitrogens with zero attached hydrogens (tertiary/aromatic N) is 1. The molecule has 3 aromatic carbocycles. The Bertz CT molecular complexity index is 1620. The van der Waals surface area contributed by atoms with Crippen molar-refractivity contribution in [2.45, 2.75) is 45.3 Å². The Hall–Kier alpha value is -4.51. The summed E-state index contributed by atoms with van der Waals surface area (Å²) >= 11 is 0. The summed E-state index contributed by atoms with van der Waals surface area (Å²) in [5, 5.41) is 10.2. The second-order valence-corrected chi connectivity index (χ2v) is 10.3. The first-order valence-electron chi connectivity index (χ1n) is 13.4. The number of methoxy groups -OCH3 is 2. The number of anilines is 1. The lowest BCUT2D eigenvalue weighted by molar-refractivity contribution is -0.140. The van der Waals surface area contributed by atoms with Gasteiger partial charge in [-0.3, -0.25) is 4.79 Å². The van der Waals surface area contributed by atoms with E-state index in [9.17, 15) is 23.1 Å². The van der Waals surface area contributed by atoms with Gasteiger partial charge in [-0.1, -0.05) is 24.3 Å². The number of nitrogens with one attached hydrogen (secondary N) is 1. The van der Waals surface area contributed by atoms with Crippen molar-refractivity contribution in [3.63, 3.8) is 0 Å². The largest absolute Gasteiger partial charge is 0.507 e. The van der Waals surface area contributed by atoms with Crippen LogP contribution in [0.15, 0.2) is 65.5 Å². The molecule has 1 aliphatic rings. The average molecular weight is 599 g/mol. The number of aromatic amines is 1. The van der Waals surface area contributed by atoms with E-state index >= 15 is 4.39 Å². The molecule has 0 saturated heterocycles. The van der Waals surface area contributed by atoms with Crippen LogP contribution < -0.4 is 19.9 Å². The highest BCUT2D eigenvalue weighted by molar-refractivity contribution is 5.58. The summed E-state index contributed by atoms with van der Waals surface area (Å²) in [7, 11) is 3.07. The van der Waals surface area contributed by atoms with Gasteiger partial charge in [-0.2, -0.15) is 13.2 Å². The highest BCUT2D eigenvalue weighted by atomic mass is 19.4. The number of alkyl halides is 3. The molecular formula is C32H30F4N2O5. The molecule has 5 rings (SSSR count). The third kappa shape index (κ3) is 6.31. The van der Waals surface area contributed by atoms with Gasteiger partial charge in [-0.25, -0.2) is 4.39 Å². The van der Waals surface area contributed by atoms with Crippen LogP contribution in [0.25, 0.3) is 0 Å². The second kappa shape index (κ2) is 12.0. The minimum Gasteiger partial charge on any atom is -0.507 e. The number of pyridine rings is 1. The molecule has 0 aliphatic carbocycles. The van der Waals surface area contributed by atoms with Crippen LogP contribution in [0.3, 0.4) is 0 Å². The summed E-state index contributed by atoms with van der Waals surface area (Å²) in [6.07, 6.45) is -6.52. The van der Waals surface area contributed by atoms with Crippen LogP contribution in [0.1, 0.15) is 45.2 Å². The van der Waals surface area contributed by atoms with Gasteiger partial charge in [0, 0.05) is 42.4 Å². The normalized spacial score (nSPS) is 14.7. The molecule has 43 heavy (non-hydrogen) atoms. The number of aryl methyl sites for hydroxylation is 1. The number of aromatic hydroxyl groups is 1. The molecular weight excluding hydrogens is 568 g/mol. The zero-order valence-corrected chi connectivity index (χ0v) is 23.7. The van der Waals surface area contributed by atoms with Crippen molar-refractivity contribution in [3.8, 4) is 17.2 Å². The molecule has 4 aromatic rings. The van der Waals surface area contributed by atoms with E-state index in [-0.39, 0.29) is 54.4 Å². The molecule has 11 heteroatoms. The van der Waals surface area contributed by atoms with E-state index in [2.05, 4.69) is 4.98 Å². The quantitative estimate of drug-likeness (QED) is 0.223. The second-order valence-electron chi connectivity index (χ2n) is 10.3. The number of hydrogen-bond acceptors (Lipinski definition) is 6. The number of ether oxygens (including phenoxy) is 3. The molecule has 0 radical (unpaired) electrons. The van der Waals surface area contributed by atoms with E-state index in [1.54, 1.807) is 53.4 Å². The monoisotopic (exact) mass is 598 g/mol. The van der Waals surface area contributed by atoms with Crippen LogP contribution >= 0.6 is 0 Å². The smallest absolute Gasteiger partial charge is 0.417 e. The Balaban J connectivity index is 1.63. The Morgan fingerprint density at radius 2 is 1.53 bits per heavy atom. The lowest BCUT2D eigenvalue weighted by Gasteiger charge is -2.32. The Morgan fingerprint density at radius 3 is 2.05 bits per heavy atom. The Morgan fingerprint density at radius 1 is 0.977 bits per heavy atom. The summed E-state index contributed by atoms with van der Waals surface area (Å²) in [4.78, 5) is 16.2. The van der Waals surface area contributed by atoms with Crippen LogP contribution in [0.5, 0.6) is 17.2 Å². The fourth-order valence-corrected chi connectivity index (χ4v) is 5.41. The van der Waals surface area contributed by atoms with Gasteiger partial charge in [0.05, 0.1) is 38.2 Å². The summed E-state index contributed by atoms with van der Waals surface area (Å²) < 4.78 is 76.3. The van der Waals surface area contributed by atoms with Gasteiger partial charge in [-0.15, -0.1) is 0 Å². The first-order chi connectivity index (χ1) is 20.5. The number of H-pyrrole nitrogens is 1. The van der Waals surface area contributed by atoms with Crippen LogP contribution in [-0.4, -0.2) is 24.3 Å². The zero-order valence-electron chi connectivity index (χ0n) is 23.7. The van der Waals surface area contributed by atoms with Gasteiger partial charge in [0.15, 0.2) is 5.82 Å². The van der Waals surface area contributed by atoms with Gasteiger partial charge in [0.2, 0.25) is 0 Å². The number of aromatic nitrogens is 1. The molecule has 7 nitrogen and oxygen atoms in total. The third-order valence-corrected chi connectivity index (χ3v) is 7.52. The molecule has 1 aromatic heterocycles. The summed E-state index contributed by atoms with van der Waals surface area (Å²) in [6.45, 7) is 1.34. The lowest BCUT2D eigenvalue weighted by Crippen LogP contribution is -2.28. The first kappa shape index (κ1) is 30.0. The Labute approximate surface area is 245 Å². The maximum atomic E-state index is 16.7. The number of fused-ring (bicyclic) bond motifs is 1. The SMILES string of the molecule is COc1ccc(CN(Cc2ccc(OC)cc2)c2cc(C)c(C(F)(F)F)c(C3Cc4[nH]c(=O)cc(O)c4CO3)c2F)cc1. The van der Waals surface area contributed by atoms with Crippen molar-refractivity contribution in [2.24, 2.45) is 0 Å². The van der Waals surface area contributed by atoms with Gasteiger partial charge >= 0.3 is 6.18 Å². The molecule has 1 unspecified atom stereocenters. The van der Waals surface area contributed by atoms with Crippen molar-refractivity contribution in [2.75, 3.05) is 19.1 Å². The number of halogens is 4. The summed E-state index contributed by atoms with van der Waals surface area (Å²) in [5.74, 6) is -0.147. The van der Waals surface area contributed by atoms with E-state index in [4.69, 9.17) is 14.2 Å². The standard InChI is InChI=1S/C32H30F4N2O5/c1-18-12-25(38(15-19-4-8-21(41-2)9-5-19)16-20-6-10-22(42-3)11-7-20)31(33)29(30(18)32(34,35)36)27-13-24-23(17-43-27)26(39)14-28(40)37-24/h4-12,14,27H,13,15-17H2,1-3H3,(H2,37,39,40). The molecule has 0 saturated carbocycles. The summed E-state index contributed by atoms with van der Waals surface area (Å²) in [5.41, 5.74) is -0.595. The predicted octanol–water partition coefficient (Wildman–Crippen LogP) is 6.58. The molecule has 2 heterocycles. The predicted molar refractivity (Wildman–Crippen MR) is 152 cm³/mol.